The molecule has 0 nitrogen and oxygen atoms in total. The third-order valence-electron chi connectivity index (χ3n) is 1.39. The Labute approximate surface area is 40.8 Å². The molecular formula is C5H9P. The van der Waals surface area contributed by atoms with Crippen LogP contribution in [-0.2, 0) is 0 Å². The second kappa shape index (κ2) is 1.35. The summed E-state index contributed by atoms with van der Waals surface area (Å²) >= 11 is 0. The molecule has 0 heterocycles. The Morgan fingerprint density at radius 3 is 2.33 bits per heavy atom. The first-order chi connectivity index (χ1) is 2.84. The average molecular weight is 100 g/mol. The van der Waals surface area contributed by atoms with Gasteiger partial charge in [-0.25, -0.2) is 0 Å². The SMILES string of the molecule is CC1C[C@H]1C=P. The Kier molecular flexibility index (Phi) is 0.972. The molecule has 1 aliphatic carbocycles. The Morgan fingerprint density at radius 1 is 1.83 bits per heavy atom. The van der Waals surface area contributed by atoms with Crippen molar-refractivity contribution in [2.75, 3.05) is 0 Å². The first-order valence-electron chi connectivity index (χ1n) is 2.35. The van der Waals surface area contributed by atoms with E-state index in [1.54, 1.807) is 0 Å². The molecule has 0 radical (unpaired) electrons. The van der Waals surface area contributed by atoms with Crippen LogP contribution in [0.25, 0.3) is 0 Å². The van der Waals surface area contributed by atoms with E-state index in [4.69, 9.17) is 0 Å². The summed E-state index contributed by atoms with van der Waals surface area (Å²) in [4.78, 5) is 0. The van der Waals surface area contributed by atoms with Crippen LogP contribution >= 0.6 is 8.86 Å². The molecule has 0 N–H and O–H groups in total. The second-order valence-corrected chi connectivity index (χ2v) is 2.38. The molecule has 0 bridgehead atoms. The molecule has 0 aromatic heterocycles. The highest BCUT2D eigenvalue weighted by Crippen LogP contribution is 2.35. The van der Waals surface area contributed by atoms with Gasteiger partial charge in [-0.2, -0.15) is 0 Å². The fourth-order valence-electron chi connectivity index (χ4n) is 0.583. The van der Waals surface area contributed by atoms with Crippen molar-refractivity contribution in [2.24, 2.45) is 11.8 Å². The van der Waals surface area contributed by atoms with Crippen molar-refractivity contribution < 1.29 is 0 Å². The predicted molar refractivity (Wildman–Crippen MR) is 31.6 cm³/mol. The number of rotatable bonds is 1. The maximum atomic E-state index is 3.33. The fraction of sp³-hybridized carbons (Fsp3) is 0.800. The maximum Gasteiger partial charge on any atom is -0.0164 e. The predicted octanol–water partition coefficient (Wildman–Crippen LogP) is 1.59. The van der Waals surface area contributed by atoms with Crippen molar-refractivity contribution >= 4 is 14.7 Å². The lowest BCUT2D eigenvalue weighted by Gasteiger charge is -1.71. The van der Waals surface area contributed by atoms with Crippen LogP contribution < -0.4 is 0 Å². The molecule has 0 aromatic rings. The van der Waals surface area contributed by atoms with Crippen LogP contribution in [0.3, 0.4) is 0 Å². The third kappa shape index (κ3) is 0.628. The van der Waals surface area contributed by atoms with Crippen molar-refractivity contribution in [3.05, 3.63) is 0 Å². The van der Waals surface area contributed by atoms with Gasteiger partial charge in [-0.15, -0.1) is 8.86 Å². The van der Waals surface area contributed by atoms with Gasteiger partial charge in [0.2, 0.25) is 0 Å². The van der Waals surface area contributed by atoms with E-state index < -0.39 is 0 Å². The average Bonchev–Trinajstić information content (AvgIpc) is 2.19. The van der Waals surface area contributed by atoms with E-state index in [9.17, 15) is 0 Å². The Hall–Kier alpha value is 0.170. The minimum absolute atomic E-state index is 0.890. The molecular weight excluding hydrogens is 91.0 g/mol. The molecule has 6 heavy (non-hydrogen) atoms. The van der Waals surface area contributed by atoms with E-state index in [-0.39, 0.29) is 0 Å². The molecule has 1 heteroatoms. The van der Waals surface area contributed by atoms with Crippen LogP contribution in [0.15, 0.2) is 0 Å². The van der Waals surface area contributed by atoms with Gasteiger partial charge >= 0.3 is 0 Å². The Bertz CT molecular complexity index is 68.3. The van der Waals surface area contributed by atoms with E-state index in [2.05, 4.69) is 21.6 Å². The van der Waals surface area contributed by atoms with Crippen LogP contribution in [0, 0.1) is 11.8 Å². The van der Waals surface area contributed by atoms with Gasteiger partial charge in [0.05, 0.1) is 0 Å². The van der Waals surface area contributed by atoms with Gasteiger partial charge in [0.1, 0.15) is 0 Å². The molecule has 0 spiro atoms. The van der Waals surface area contributed by atoms with Crippen LogP contribution in [0.1, 0.15) is 13.3 Å². The summed E-state index contributed by atoms with van der Waals surface area (Å²) < 4.78 is 0. The summed E-state index contributed by atoms with van der Waals surface area (Å²) in [6, 6.07) is 0. The van der Waals surface area contributed by atoms with Gasteiger partial charge in [0, 0.05) is 0 Å². The molecule has 0 saturated heterocycles. The Morgan fingerprint density at radius 2 is 2.33 bits per heavy atom. The molecule has 1 fully saturated rings. The standard InChI is InChI=1S/C5H9P/c1-4-2-5(4)3-6/h3-6H,2H2,1H3/t4?,5-/m0/s1. The van der Waals surface area contributed by atoms with E-state index in [1.165, 1.54) is 6.42 Å². The molecule has 2 atom stereocenters. The van der Waals surface area contributed by atoms with Crippen molar-refractivity contribution in [3.63, 3.8) is 0 Å². The molecule has 1 aliphatic rings. The van der Waals surface area contributed by atoms with Gasteiger partial charge in [0.15, 0.2) is 0 Å². The molecule has 0 amide bonds. The molecule has 1 unspecified atom stereocenters. The van der Waals surface area contributed by atoms with E-state index in [1.807, 2.05) is 0 Å². The third-order valence-corrected chi connectivity index (χ3v) is 1.81. The zero-order valence-corrected chi connectivity index (χ0v) is 4.94. The lowest BCUT2D eigenvalue weighted by Crippen LogP contribution is -1.70. The quantitative estimate of drug-likeness (QED) is 0.439. The highest BCUT2D eigenvalue weighted by atomic mass is 31.0. The van der Waals surface area contributed by atoms with Crippen molar-refractivity contribution in [1.29, 1.82) is 0 Å². The summed E-state index contributed by atoms with van der Waals surface area (Å²) in [6.45, 7) is 2.27. The highest BCUT2D eigenvalue weighted by molar-refractivity contribution is 7.18. The lowest BCUT2D eigenvalue weighted by molar-refractivity contribution is 0.940. The topological polar surface area (TPSA) is 0 Å². The smallest absolute Gasteiger partial charge is 0.0164 e. The minimum atomic E-state index is 0.890. The van der Waals surface area contributed by atoms with Crippen LogP contribution in [0.2, 0.25) is 0 Å². The van der Waals surface area contributed by atoms with Crippen LogP contribution in [0.5, 0.6) is 0 Å². The fourth-order valence-corrected chi connectivity index (χ4v) is 1.05. The van der Waals surface area contributed by atoms with E-state index in [0.29, 0.717) is 0 Å². The van der Waals surface area contributed by atoms with Gasteiger partial charge in [-0.05, 0) is 18.3 Å². The van der Waals surface area contributed by atoms with Crippen molar-refractivity contribution in [2.45, 2.75) is 13.3 Å². The number of hydrogen-bond acceptors (Lipinski definition) is 0. The van der Waals surface area contributed by atoms with E-state index in [0.717, 1.165) is 11.8 Å². The largest absolute Gasteiger partial charge is 0.126 e. The normalized spacial score (nSPS) is 42.2. The Balaban J connectivity index is 2.25. The molecule has 0 aliphatic heterocycles. The molecule has 0 aromatic carbocycles. The summed E-state index contributed by atoms with van der Waals surface area (Å²) in [6.07, 6.45) is 1.39. The van der Waals surface area contributed by atoms with Crippen LogP contribution in [-0.4, -0.2) is 5.80 Å². The minimum Gasteiger partial charge on any atom is -0.126 e. The van der Waals surface area contributed by atoms with E-state index >= 15 is 0 Å². The zero-order chi connectivity index (χ0) is 4.57. The molecule has 34 valence electrons. The van der Waals surface area contributed by atoms with Gasteiger partial charge in [-0.1, -0.05) is 12.7 Å². The first-order valence-corrected chi connectivity index (χ1v) is 2.93. The maximum absolute atomic E-state index is 3.33. The monoisotopic (exact) mass is 100 g/mol. The van der Waals surface area contributed by atoms with Gasteiger partial charge < -0.3 is 0 Å². The lowest BCUT2D eigenvalue weighted by atomic mass is 10.4. The van der Waals surface area contributed by atoms with Crippen LogP contribution in [0.4, 0.5) is 0 Å². The summed E-state index contributed by atoms with van der Waals surface area (Å²) in [5.41, 5.74) is 0. The number of hydrogen-bond donors (Lipinski definition) is 0. The zero-order valence-electron chi connectivity index (χ0n) is 3.94. The highest BCUT2D eigenvalue weighted by Gasteiger charge is 2.28. The summed E-state index contributed by atoms with van der Waals surface area (Å²) in [5.74, 6) is 3.95. The van der Waals surface area contributed by atoms with Crippen molar-refractivity contribution in [3.8, 4) is 0 Å². The van der Waals surface area contributed by atoms with Gasteiger partial charge in [0.25, 0.3) is 0 Å². The molecule has 1 rings (SSSR count). The second-order valence-electron chi connectivity index (χ2n) is 2.04. The summed E-state index contributed by atoms with van der Waals surface area (Å²) in [5, 5.41) is 0. The van der Waals surface area contributed by atoms with Gasteiger partial charge in [-0.3, -0.25) is 0 Å². The van der Waals surface area contributed by atoms with Crippen molar-refractivity contribution in [1.82, 2.24) is 0 Å². The summed E-state index contributed by atoms with van der Waals surface area (Å²) in [7, 11) is 3.33. The first kappa shape index (κ1) is 4.33. The molecule has 1 saturated carbocycles.